The molecule has 0 amide bonds. The Bertz CT molecular complexity index is 572. The van der Waals surface area contributed by atoms with Crippen molar-refractivity contribution >= 4 is 11.6 Å². The van der Waals surface area contributed by atoms with Crippen LogP contribution < -0.4 is 10.5 Å². The van der Waals surface area contributed by atoms with Crippen LogP contribution in [0.1, 0.15) is 29.7 Å². The monoisotopic (exact) mass is 276 g/mol. The van der Waals surface area contributed by atoms with Crippen LogP contribution in [-0.2, 0) is 0 Å². The van der Waals surface area contributed by atoms with Gasteiger partial charge in [-0.1, -0.05) is 23.7 Å². The predicted molar refractivity (Wildman–Crippen MR) is 77.6 cm³/mol. The number of ether oxygens (including phenoxy) is 1. The van der Waals surface area contributed by atoms with Crippen molar-refractivity contribution in [3.63, 3.8) is 0 Å². The molecule has 1 unspecified atom stereocenters. The Hall–Kier alpha value is -1.58. The van der Waals surface area contributed by atoms with Crippen LogP contribution in [0.25, 0.3) is 0 Å². The summed E-state index contributed by atoms with van der Waals surface area (Å²) in [4.78, 5) is 4.16. The minimum Gasteiger partial charge on any atom is -0.492 e. The third-order valence-electron chi connectivity index (χ3n) is 3.05. The first-order valence-electron chi connectivity index (χ1n) is 6.21. The van der Waals surface area contributed by atoms with Crippen molar-refractivity contribution in [2.24, 2.45) is 5.73 Å². The van der Waals surface area contributed by atoms with Gasteiger partial charge in [-0.3, -0.25) is 4.98 Å². The quantitative estimate of drug-likeness (QED) is 0.930. The summed E-state index contributed by atoms with van der Waals surface area (Å²) in [5.41, 5.74) is 9.21. The maximum Gasteiger partial charge on any atom is 0.137 e. The first-order valence-corrected chi connectivity index (χ1v) is 6.59. The molecule has 2 aromatic rings. The Balaban J connectivity index is 2.35. The second-order valence-electron chi connectivity index (χ2n) is 4.32. The molecule has 0 aliphatic carbocycles. The highest BCUT2D eigenvalue weighted by Gasteiger charge is 2.14. The Morgan fingerprint density at radius 3 is 2.89 bits per heavy atom. The molecule has 100 valence electrons. The molecule has 1 aromatic carbocycles. The number of nitrogens with zero attached hydrogens (tertiary/aromatic N) is 1. The van der Waals surface area contributed by atoms with E-state index in [-0.39, 0.29) is 6.04 Å². The number of hydrogen-bond acceptors (Lipinski definition) is 3. The minimum absolute atomic E-state index is 0.258. The number of rotatable bonds is 4. The average molecular weight is 277 g/mol. The van der Waals surface area contributed by atoms with Crippen LogP contribution >= 0.6 is 11.6 Å². The highest BCUT2D eigenvalue weighted by molar-refractivity contribution is 6.31. The van der Waals surface area contributed by atoms with Gasteiger partial charge >= 0.3 is 0 Å². The van der Waals surface area contributed by atoms with Crippen LogP contribution in [0.2, 0.25) is 5.02 Å². The highest BCUT2D eigenvalue weighted by Crippen LogP contribution is 2.28. The molecule has 0 radical (unpaired) electrons. The maximum absolute atomic E-state index is 6.30. The topological polar surface area (TPSA) is 48.1 Å². The van der Waals surface area contributed by atoms with Gasteiger partial charge < -0.3 is 10.5 Å². The smallest absolute Gasteiger partial charge is 0.137 e. The molecule has 0 aliphatic heterocycles. The molecule has 2 rings (SSSR count). The normalized spacial score (nSPS) is 12.2. The van der Waals surface area contributed by atoms with Crippen molar-refractivity contribution < 1.29 is 4.74 Å². The van der Waals surface area contributed by atoms with Crippen molar-refractivity contribution in [3.8, 4) is 5.75 Å². The lowest BCUT2D eigenvalue weighted by molar-refractivity contribution is 0.338. The molecule has 0 saturated carbocycles. The number of halogens is 1. The fraction of sp³-hybridized carbons (Fsp3) is 0.267. The van der Waals surface area contributed by atoms with Gasteiger partial charge in [0.15, 0.2) is 0 Å². The lowest BCUT2D eigenvalue weighted by Gasteiger charge is -2.16. The maximum atomic E-state index is 6.30. The van der Waals surface area contributed by atoms with E-state index in [4.69, 9.17) is 22.1 Å². The molecule has 4 heteroatoms. The standard InChI is InChI=1S/C15H17ClN2O/c1-3-19-12-7-11(8-18-9-12)15(17)13-5-4-6-14(16)10(13)2/h4-9,15H,3,17H2,1-2H3. The fourth-order valence-electron chi connectivity index (χ4n) is 1.99. The van der Waals surface area contributed by atoms with E-state index in [1.54, 1.807) is 12.4 Å². The van der Waals surface area contributed by atoms with Crippen LogP contribution in [0.5, 0.6) is 5.75 Å². The zero-order valence-electron chi connectivity index (χ0n) is 11.1. The van der Waals surface area contributed by atoms with E-state index in [0.717, 1.165) is 27.5 Å². The van der Waals surface area contributed by atoms with Gasteiger partial charge in [-0.05, 0) is 42.7 Å². The van der Waals surface area contributed by atoms with Crippen molar-refractivity contribution in [2.45, 2.75) is 19.9 Å². The molecule has 19 heavy (non-hydrogen) atoms. The number of pyridine rings is 1. The van der Waals surface area contributed by atoms with Crippen LogP contribution in [0, 0.1) is 6.92 Å². The summed E-state index contributed by atoms with van der Waals surface area (Å²) in [6, 6.07) is 7.42. The fourth-order valence-corrected chi connectivity index (χ4v) is 2.17. The zero-order valence-corrected chi connectivity index (χ0v) is 11.8. The summed E-state index contributed by atoms with van der Waals surface area (Å²) in [6.07, 6.45) is 3.44. The number of benzene rings is 1. The van der Waals surface area contributed by atoms with Gasteiger partial charge in [0, 0.05) is 11.2 Å². The van der Waals surface area contributed by atoms with E-state index in [1.807, 2.05) is 38.1 Å². The van der Waals surface area contributed by atoms with E-state index < -0.39 is 0 Å². The van der Waals surface area contributed by atoms with Crippen molar-refractivity contribution in [3.05, 3.63) is 58.4 Å². The summed E-state index contributed by atoms with van der Waals surface area (Å²) >= 11 is 6.13. The number of nitrogens with two attached hydrogens (primary N) is 1. The van der Waals surface area contributed by atoms with Crippen molar-refractivity contribution in [1.82, 2.24) is 4.98 Å². The van der Waals surface area contributed by atoms with Gasteiger partial charge in [0.25, 0.3) is 0 Å². The molecule has 0 bridgehead atoms. The Morgan fingerprint density at radius 1 is 1.37 bits per heavy atom. The molecule has 0 spiro atoms. The van der Waals surface area contributed by atoms with Gasteiger partial charge in [-0.2, -0.15) is 0 Å². The molecule has 0 saturated heterocycles. The molecule has 2 N–H and O–H groups in total. The van der Waals surface area contributed by atoms with Gasteiger partial charge in [-0.15, -0.1) is 0 Å². The third-order valence-corrected chi connectivity index (χ3v) is 3.46. The molecular formula is C15H17ClN2O. The first-order chi connectivity index (χ1) is 9.13. The van der Waals surface area contributed by atoms with Crippen molar-refractivity contribution in [1.29, 1.82) is 0 Å². The Morgan fingerprint density at radius 2 is 2.16 bits per heavy atom. The lowest BCUT2D eigenvalue weighted by atomic mass is 9.97. The second kappa shape index (κ2) is 6.04. The second-order valence-corrected chi connectivity index (χ2v) is 4.73. The van der Waals surface area contributed by atoms with Crippen LogP contribution in [0.4, 0.5) is 0 Å². The molecule has 1 aromatic heterocycles. The molecule has 3 nitrogen and oxygen atoms in total. The van der Waals surface area contributed by atoms with Gasteiger partial charge in [-0.25, -0.2) is 0 Å². The Kier molecular flexibility index (Phi) is 4.40. The van der Waals surface area contributed by atoms with E-state index in [9.17, 15) is 0 Å². The van der Waals surface area contributed by atoms with E-state index in [2.05, 4.69) is 4.98 Å². The van der Waals surface area contributed by atoms with E-state index >= 15 is 0 Å². The molecule has 0 fully saturated rings. The van der Waals surface area contributed by atoms with Crippen LogP contribution in [-0.4, -0.2) is 11.6 Å². The highest BCUT2D eigenvalue weighted by atomic mass is 35.5. The van der Waals surface area contributed by atoms with Gasteiger partial charge in [0.05, 0.1) is 18.8 Å². The summed E-state index contributed by atoms with van der Waals surface area (Å²) < 4.78 is 5.44. The number of hydrogen-bond donors (Lipinski definition) is 1. The average Bonchev–Trinajstić information content (AvgIpc) is 2.42. The van der Waals surface area contributed by atoms with Crippen LogP contribution in [0.15, 0.2) is 36.7 Å². The number of aromatic nitrogens is 1. The van der Waals surface area contributed by atoms with Crippen molar-refractivity contribution in [2.75, 3.05) is 6.61 Å². The summed E-state index contributed by atoms with van der Waals surface area (Å²) in [5, 5.41) is 0.724. The van der Waals surface area contributed by atoms with Gasteiger partial charge in [0.1, 0.15) is 5.75 Å². The summed E-state index contributed by atoms with van der Waals surface area (Å²) in [5.74, 6) is 0.732. The molecule has 1 heterocycles. The lowest BCUT2D eigenvalue weighted by Crippen LogP contribution is -2.14. The summed E-state index contributed by atoms with van der Waals surface area (Å²) in [7, 11) is 0. The third kappa shape index (κ3) is 3.06. The molecule has 0 aliphatic rings. The Labute approximate surface area is 118 Å². The molecule has 1 atom stereocenters. The summed E-state index contributed by atoms with van der Waals surface area (Å²) in [6.45, 7) is 4.52. The van der Waals surface area contributed by atoms with E-state index in [1.165, 1.54) is 0 Å². The van der Waals surface area contributed by atoms with Crippen LogP contribution in [0.3, 0.4) is 0 Å². The largest absolute Gasteiger partial charge is 0.492 e. The first kappa shape index (κ1) is 13.8. The zero-order chi connectivity index (χ0) is 13.8. The van der Waals surface area contributed by atoms with E-state index in [0.29, 0.717) is 6.61 Å². The predicted octanol–water partition coefficient (Wildman–Crippen LogP) is 3.49. The van der Waals surface area contributed by atoms with Gasteiger partial charge in [0.2, 0.25) is 0 Å². The molecular weight excluding hydrogens is 260 g/mol. The SMILES string of the molecule is CCOc1cncc(C(N)c2cccc(Cl)c2C)c1. The minimum atomic E-state index is -0.258.